The summed E-state index contributed by atoms with van der Waals surface area (Å²) < 4.78 is 24.5. The van der Waals surface area contributed by atoms with Crippen LogP contribution in [-0.2, 0) is 16.4 Å². The summed E-state index contributed by atoms with van der Waals surface area (Å²) in [4.78, 5) is 8.04. The summed E-state index contributed by atoms with van der Waals surface area (Å²) >= 11 is 0. The number of nitrogens with zero attached hydrogens (tertiary/aromatic N) is 2. The van der Waals surface area contributed by atoms with E-state index < -0.39 is 10.0 Å². The number of anilines is 1. The Bertz CT molecular complexity index is 433. The smallest absolute Gasteiger partial charge is 0.213 e. The first-order valence-electron chi connectivity index (χ1n) is 5.03. The monoisotopic (exact) mass is 244 g/mol. The molecule has 16 heavy (non-hydrogen) atoms. The van der Waals surface area contributed by atoms with Gasteiger partial charge in [-0.3, -0.25) is 0 Å². The van der Waals surface area contributed by atoms with Crippen LogP contribution in [0.5, 0.6) is 0 Å². The second kappa shape index (κ2) is 5.76. The van der Waals surface area contributed by atoms with Gasteiger partial charge < -0.3 is 5.32 Å². The third-order valence-electron chi connectivity index (χ3n) is 2.07. The average Bonchev–Trinajstić information content (AvgIpc) is 2.29. The Balaban J connectivity index is 2.49. The van der Waals surface area contributed by atoms with E-state index in [4.69, 9.17) is 0 Å². The molecule has 1 rings (SSSR count). The van der Waals surface area contributed by atoms with Crippen LogP contribution in [0.2, 0.25) is 0 Å². The van der Waals surface area contributed by atoms with Crippen molar-refractivity contribution in [2.24, 2.45) is 0 Å². The van der Waals surface area contributed by atoms with Gasteiger partial charge >= 0.3 is 0 Å². The van der Waals surface area contributed by atoms with Crippen molar-refractivity contribution in [2.45, 2.75) is 13.3 Å². The molecule has 0 saturated carbocycles. The van der Waals surface area contributed by atoms with Gasteiger partial charge in [0.1, 0.15) is 12.1 Å². The second-order valence-electron chi connectivity index (χ2n) is 3.20. The third-order valence-corrected chi connectivity index (χ3v) is 3.44. The summed E-state index contributed by atoms with van der Waals surface area (Å²) in [7, 11) is -1.76. The van der Waals surface area contributed by atoms with E-state index >= 15 is 0 Å². The molecule has 0 fully saturated rings. The van der Waals surface area contributed by atoms with Gasteiger partial charge in [0.15, 0.2) is 0 Å². The van der Waals surface area contributed by atoms with E-state index in [9.17, 15) is 8.42 Å². The Kier molecular flexibility index (Phi) is 4.63. The fraction of sp³-hybridized carbons (Fsp3) is 0.556. The molecular weight excluding hydrogens is 228 g/mol. The second-order valence-corrected chi connectivity index (χ2v) is 5.24. The van der Waals surface area contributed by atoms with Crippen LogP contribution in [0.15, 0.2) is 12.4 Å². The first-order chi connectivity index (χ1) is 7.57. The Hall–Kier alpha value is -1.21. The first-order valence-corrected chi connectivity index (χ1v) is 6.68. The topological polar surface area (TPSA) is 84.0 Å². The van der Waals surface area contributed by atoms with Crippen molar-refractivity contribution >= 4 is 15.8 Å². The molecule has 0 spiro atoms. The summed E-state index contributed by atoms with van der Waals surface area (Å²) in [6.45, 7) is 2.32. The van der Waals surface area contributed by atoms with Crippen LogP contribution < -0.4 is 10.0 Å². The standard InChI is InChI=1S/C9H16N4O2S/c1-3-8-6-9(13-7-12-8)11-4-5-16(14,15)10-2/h6-7,10H,3-5H2,1-2H3,(H,11,12,13). The van der Waals surface area contributed by atoms with Crippen LogP contribution in [0.3, 0.4) is 0 Å². The van der Waals surface area contributed by atoms with Gasteiger partial charge in [0.25, 0.3) is 0 Å². The molecule has 0 aromatic carbocycles. The zero-order valence-electron chi connectivity index (χ0n) is 9.40. The maximum absolute atomic E-state index is 11.1. The Labute approximate surface area is 95.6 Å². The fourth-order valence-corrected chi connectivity index (χ4v) is 1.68. The van der Waals surface area contributed by atoms with Gasteiger partial charge in [-0.15, -0.1) is 0 Å². The number of sulfonamides is 1. The predicted molar refractivity (Wildman–Crippen MR) is 62.7 cm³/mol. The highest BCUT2D eigenvalue weighted by molar-refractivity contribution is 7.89. The molecule has 0 saturated heterocycles. The van der Waals surface area contributed by atoms with Crippen LogP contribution in [0.1, 0.15) is 12.6 Å². The molecule has 0 amide bonds. The van der Waals surface area contributed by atoms with Crippen molar-refractivity contribution in [1.82, 2.24) is 14.7 Å². The Morgan fingerprint density at radius 1 is 1.38 bits per heavy atom. The van der Waals surface area contributed by atoms with Crippen molar-refractivity contribution in [3.8, 4) is 0 Å². The zero-order valence-corrected chi connectivity index (χ0v) is 10.2. The summed E-state index contributed by atoms with van der Waals surface area (Å²) in [6, 6.07) is 1.81. The van der Waals surface area contributed by atoms with Crippen LogP contribution in [0.4, 0.5) is 5.82 Å². The van der Waals surface area contributed by atoms with Crippen molar-refractivity contribution < 1.29 is 8.42 Å². The van der Waals surface area contributed by atoms with E-state index in [1.807, 2.05) is 13.0 Å². The lowest BCUT2D eigenvalue weighted by Gasteiger charge is -2.06. The molecule has 90 valence electrons. The van der Waals surface area contributed by atoms with Gasteiger partial charge in [-0.2, -0.15) is 0 Å². The highest BCUT2D eigenvalue weighted by Crippen LogP contribution is 2.03. The minimum atomic E-state index is -3.16. The maximum atomic E-state index is 11.1. The zero-order chi connectivity index (χ0) is 12.0. The molecule has 1 heterocycles. The molecule has 6 nitrogen and oxygen atoms in total. The van der Waals surface area contributed by atoms with E-state index in [1.165, 1.54) is 13.4 Å². The number of aryl methyl sites for hydroxylation is 1. The van der Waals surface area contributed by atoms with Gasteiger partial charge in [-0.1, -0.05) is 6.92 Å². The number of hydrogen-bond acceptors (Lipinski definition) is 5. The van der Waals surface area contributed by atoms with Crippen LogP contribution in [0.25, 0.3) is 0 Å². The predicted octanol–water partition coefficient (Wildman–Crippen LogP) is 0.0001000. The van der Waals surface area contributed by atoms with E-state index in [0.717, 1.165) is 12.1 Å². The van der Waals surface area contributed by atoms with E-state index in [-0.39, 0.29) is 5.75 Å². The molecule has 2 N–H and O–H groups in total. The first kappa shape index (κ1) is 12.9. The van der Waals surface area contributed by atoms with Gasteiger partial charge in [-0.05, 0) is 13.5 Å². The minimum absolute atomic E-state index is 0.0228. The van der Waals surface area contributed by atoms with E-state index in [1.54, 1.807) is 0 Å². The van der Waals surface area contributed by atoms with Crippen LogP contribution >= 0.6 is 0 Å². The summed E-state index contributed by atoms with van der Waals surface area (Å²) in [5, 5.41) is 2.94. The van der Waals surface area contributed by atoms with Gasteiger partial charge in [0.2, 0.25) is 10.0 Å². The molecule has 0 aliphatic carbocycles. The minimum Gasteiger partial charge on any atom is -0.369 e. The molecule has 0 atom stereocenters. The van der Waals surface area contributed by atoms with Crippen molar-refractivity contribution in [3.05, 3.63) is 18.1 Å². The lowest BCUT2D eigenvalue weighted by Crippen LogP contribution is -2.26. The number of rotatable bonds is 6. The molecule has 1 aromatic heterocycles. The van der Waals surface area contributed by atoms with Crippen molar-refractivity contribution in [3.63, 3.8) is 0 Å². The van der Waals surface area contributed by atoms with Crippen LogP contribution in [0, 0.1) is 0 Å². The Morgan fingerprint density at radius 2 is 2.12 bits per heavy atom. The molecule has 0 aliphatic heterocycles. The lowest BCUT2D eigenvalue weighted by molar-refractivity contribution is 0.588. The molecule has 1 aromatic rings. The van der Waals surface area contributed by atoms with Gasteiger partial charge in [0.05, 0.1) is 5.75 Å². The van der Waals surface area contributed by atoms with Gasteiger partial charge in [0, 0.05) is 18.3 Å². The summed E-state index contributed by atoms with van der Waals surface area (Å²) in [6.07, 6.45) is 2.29. The van der Waals surface area contributed by atoms with Gasteiger partial charge in [-0.25, -0.2) is 23.1 Å². The molecule has 0 aliphatic rings. The fourth-order valence-electron chi connectivity index (χ4n) is 1.10. The summed E-state index contributed by atoms with van der Waals surface area (Å²) in [5.74, 6) is 0.674. The maximum Gasteiger partial charge on any atom is 0.213 e. The highest BCUT2D eigenvalue weighted by Gasteiger charge is 2.06. The van der Waals surface area contributed by atoms with Crippen molar-refractivity contribution in [1.29, 1.82) is 0 Å². The molecule has 0 unspecified atom stereocenters. The Morgan fingerprint density at radius 3 is 2.75 bits per heavy atom. The van der Waals surface area contributed by atoms with Crippen LogP contribution in [-0.4, -0.2) is 37.7 Å². The van der Waals surface area contributed by atoms with E-state index in [2.05, 4.69) is 20.0 Å². The van der Waals surface area contributed by atoms with E-state index in [0.29, 0.717) is 12.4 Å². The molecule has 7 heteroatoms. The molecule has 0 radical (unpaired) electrons. The molecule has 0 bridgehead atoms. The third kappa shape index (κ3) is 4.11. The number of aromatic nitrogens is 2. The highest BCUT2D eigenvalue weighted by atomic mass is 32.2. The number of hydrogen-bond donors (Lipinski definition) is 2. The SMILES string of the molecule is CCc1cc(NCCS(=O)(=O)NC)ncn1. The molecular formula is C9H16N4O2S. The lowest BCUT2D eigenvalue weighted by atomic mass is 10.3. The summed E-state index contributed by atoms with van der Waals surface area (Å²) in [5.41, 5.74) is 0.925. The largest absolute Gasteiger partial charge is 0.369 e. The normalized spacial score (nSPS) is 11.4. The van der Waals surface area contributed by atoms with Crippen molar-refractivity contribution in [2.75, 3.05) is 24.7 Å². The quantitative estimate of drug-likeness (QED) is 0.736. The number of nitrogens with one attached hydrogen (secondary N) is 2. The average molecular weight is 244 g/mol.